The van der Waals surface area contributed by atoms with Crippen LogP contribution in [0.15, 0.2) is 30.3 Å². The van der Waals surface area contributed by atoms with Gasteiger partial charge in [0.1, 0.15) is 0 Å². The molecule has 3 unspecified atom stereocenters. The second-order valence-electron chi connectivity index (χ2n) is 5.68. The molecule has 1 heterocycles. The zero-order valence-corrected chi connectivity index (χ0v) is 13.3. The van der Waals surface area contributed by atoms with Crippen molar-refractivity contribution in [2.45, 2.75) is 38.3 Å². The molecule has 1 aliphatic rings. The summed E-state index contributed by atoms with van der Waals surface area (Å²) < 4.78 is 5.43. The van der Waals surface area contributed by atoms with Gasteiger partial charge in [-0.25, -0.2) is 0 Å². The van der Waals surface area contributed by atoms with E-state index in [4.69, 9.17) is 10.5 Å². The fourth-order valence-electron chi connectivity index (χ4n) is 2.61. The van der Waals surface area contributed by atoms with Crippen LogP contribution in [-0.4, -0.2) is 25.2 Å². The molecule has 5 heteroatoms. The number of carbonyl (C=O) groups excluding carboxylic acids is 1. The topological polar surface area (TPSA) is 64.4 Å². The van der Waals surface area contributed by atoms with Gasteiger partial charge in [0.05, 0.1) is 6.04 Å². The monoisotopic (exact) mass is 312 g/mol. The predicted octanol–water partition coefficient (Wildman–Crippen LogP) is 2.43. The highest BCUT2D eigenvalue weighted by Gasteiger charge is 2.23. The number of hydrogen-bond acceptors (Lipinski definition) is 3. The summed E-state index contributed by atoms with van der Waals surface area (Å²) in [6, 6.07) is 10.1. The minimum absolute atomic E-state index is 0. The Kier molecular flexibility index (Phi) is 7.72. The zero-order chi connectivity index (χ0) is 14.4. The van der Waals surface area contributed by atoms with Crippen LogP contribution in [0.3, 0.4) is 0 Å². The van der Waals surface area contributed by atoms with Gasteiger partial charge >= 0.3 is 0 Å². The third-order valence-electron chi connectivity index (χ3n) is 3.64. The SMILES string of the molecule is CC(N)CC(=O)NC(CC1CCOC1)c1ccccc1.Cl. The molecule has 0 bridgehead atoms. The lowest BCUT2D eigenvalue weighted by molar-refractivity contribution is -0.122. The van der Waals surface area contributed by atoms with Crippen LogP contribution < -0.4 is 11.1 Å². The van der Waals surface area contributed by atoms with E-state index in [1.807, 2.05) is 25.1 Å². The van der Waals surface area contributed by atoms with Crippen molar-refractivity contribution in [1.29, 1.82) is 0 Å². The van der Waals surface area contributed by atoms with Crippen LogP contribution in [0.5, 0.6) is 0 Å². The maximum absolute atomic E-state index is 12.0. The molecule has 3 N–H and O–H groups in total. The largest absolute Gasteiger partial charge is 0.381 e. The van der Waals surface area contributed by atoms with Crippen LogP contribution in [0.2, 0.25) is 0 Å². The Bertz CT molecular complexity index is 420. The van der Waals surface area contributed by atoms with Gasteiger partial charge in [-0.15, -0.1) is 12.4 Å². The molecule has 0 aromatic heterocycles. The molecule has 0 radical (unpaired) electrons. The van der Waals surface area contributed by atoms with E-state index in [0.717, 1.165) is 31.6 Å². The van der Waals surface area contributed by atoms with E-state index in [1.54, 1.807) is 0 Å². The maximum Gasteiger partial charge on any atom is 0.222 e. The lowest BCUT2D eigenvalue weighted by atomic mass is 9.94. The molecule has 0 spiro atoms. The number of hydrogen-bond donors (Lipinski definition) is 2. The molecule has 1 aromatic carbocycles. The Morgan fingerprint density at radius 2 is 2.14 bits per heavy atom. The summed E-state index contributed by atoms with van der Waals surface area (Å²) in [5.41, 5.74) is 6.84. The molecular formula is C16H25ClN2O2. The Morgan fingerprint density at radius 3 is 2.71 bits per heavy atom. The van der Waals surface area contributed by atoms with E-state index in [1.165, 1.54) is 0 Å². The first kappa shape index (κ1) is 18.0. The van der Waals surface area contributed by atoms with Crippen LogP contribution >= 0.6 is 12.4 Å². The van der Waals surface area contributed by atoms with Gasteiger partial charge in [0.15, 0.2) is 0 Å². The van der Waals surface area contributed by atoms with E-state index < -0.39 is 0 Å². The summed E-state index contributed by atoms with van der Waals surface area (Å²) in [5, 5.41) is 3.12. The van der Waals surface area contributed by atoms with Crippen LogP contribution in [0.25, 0.3) is 0 Å². The number of halogens is 1. The highest BCUT2D eigenvalue weighted by Crippen LogP contribution is 2.26. The summed E-state index contributed by atoms with van der Waals surface area (Å²) in [7, 11) is 0. The summed E-state index contributed by atoms with van der Waals surface area (Å²) in [6.45, 7) is 3.48. The summed E-state index contributed by atoms with van der Waals surface area (Å²) in [5.74, 6) is 0.545. The van der Waals surface area contributed by atoms with Gasteiger partial charge in [0.2, 0.25) is 5.91 Å². The van der Waals surface area contributed by atoms with E-state index in [2.05, 4.69) is 17.4 Å². The Balaban J connectivity index is 0.00000220. The first-order valence-corrected chi connectivity index (χ1v) is 7.32. The highest BCUT2D eigenvalue weighted by atomic mass is 35.5. The molecule has 1 amide bonds. The third-order valence-corrected chi connectivity index (χ3v) is 3.64. The molecule has 118 valence electrons. The van der Waals surface area contributed by atoms with Crippen LogP contribution in [0, 0.1) is 5.92 Å². The lowest BCUT2D eigenvalue weighted by Gasteiger charge is -2.22. The van der Waals surface area contributed by atoms with Crippen molar-refractivity contribution in [2.75, 3.05) is 13.2 Å². The van der Waals surface area contributed by atoms with E-state index in [-0.39, 0.29) is 30.4 Å². The second-order valence-corrected chi connectivity index (χ2v) is 5.68. The van der Waals surface area contributed by atoms with Gasteiger partial charge in [-0.1, -0.05) is 30.3 Å². The lowest BCUT2D eigenvalue weighted by Crippen LogP contribution is -2.33. The van der Waals surface area contributed by atoms with E-state index >= 15 is 0 Å². The molecule has 1 aliphatic heterocycles. The fourth-order valence-corrected chi connectivity index (χ4v) is 2.61. The number of amides is 1. The predicted molar refractivity (Wildman–Crippen MR) is 86.4 cm³/mol. The molecule has 3 atom stereocenters. The average Bonchev–Trinajstić information content (AvgIpc) is 2.91. The average molecular weight is 313 g/mol. The zero-order valence-electron chi connectivity index (χ0n) is 12.5. The van der Waals surface area contributed by atoms with Crippen molar-refractivity contribution in [3.05, 3.63) is 35.9 Å². The van der Waals surface area contributed by atoms with Gasteiger partial charge in [0, 0.05) is 25.7 Å². The quantitative estimate of drug-likeness (QED) is 0.848. The number of carbonyl (C=O) groups is 1. The fraction of sp³-hybridized carbons (Fsp3) is 0.562. The minimum atomic E-state index is -0.110. The number of nitrogens with one attached hydrogen (secondary N) is 1. The highest BCUT2D eigenvalue weighted by molar-refractivity contribution is 5.85. The van der Waals surface area contributed by atoms with E-state index in [9.17, 15) is 4.79 Å². The number of benzene rings is 1. The van der Waals surface area contributed by atoms with Gasteiger partial charge < -0.3 is 15.8 Å². The van der Waals surface area contributed by atoms with Crippen molar-refractivity contribution < 1.29 is 9.53 Å². The summed E-state index contributed by atoms with van der Waals surface area (Å²) in [4.78, 5) is 12.0. The number of rotatable bonds is 6. The Morgan fingerprint density at radius 1 is 1.43 bits per heavy atom. The second kappa shape index (κ2) is 9.03. The number of ether oxygens (including phenoxy) is 1. The summed E-state index contributed by atoms with van der Waals surface area (Å²) >= 11 is 0. The molecule has 21 heavy (non-hydrogen) atoms. The van der Waals surface area contributed by atoms with Crippen LogP contribution in [0.1, 0.15) is 37.8 Å². The standard InChI is InChI=1S/C16H24N2O2.ClH/c1-12(17)9-16(19)18-15(10-13-7-8-20-11-13)14-5-3-2-4-6-14;/h2-6,12-13,15H,7-11,17H2,1H3,(H,18,19);1H. The van der Waals surface area contributed by atoms with Crippen molar-refractivity contribution >= 4 is 18.3 Å². The smallest absolute Gasteiger partial charge is 0.222 e. The Hall–Kier alpha value is -1.10. The summed E-state index contributed by atoms with van der Waals surface area (Å²) in [6.07, 6.45) is 2.37. The van der Waals surface area contributed by atoms with Gasteiger partial charge in [0.25, 0.3) is 0 Å². The van der Waals surface area contributed by atoms with Crippen LogP contribution in [-0.2, 0) is 9.53 Å². The van der Waals surface area contributed by atoms with Crippen molar-refractivity contribution in [1.82, 2.24) is 5.32 Å². The van der Waals surface area contributed by atoms with Gasteiger partial charge in [-0.05, 0) is 31.2 Å². The molecule has 1 aromatic rings. The molecule has 1 saturated heterocycles. The van der Waals surface area contributed by atoms with E-state index in [0.29, 0.717) is 12.3 Å². The number of nitrogens with two attached hydrogens (primary N) is 1. The van der Waals surface area contributed by atoms with Crippen molar-refractivity contribution in [2.24, 2.45) is 11.7 Å². The first-order chi connectivity index (χ1) is 9.65. The molecule has 0 saturated carbocycles. The minimum Gasteiger partial charge on any atom is -0.381 e. The molecule has 1 fully saturated rings. The maximum atomic E-state index is 12.0. The molecular weight excluding hydrogens is 288 g/mol. The Labute approximate surface area is 132 Å². The normalized spacial score (nSPS) is 20.4. The molecule has 4 nitrogen and oxygen atoms in total. The van der Waals surface area contributed by atoms with Crippen LogP contribution in [0.4, 0.5) is 0 Å². The first-order valence-electron chi connectivity index (χ1n) is 7.32. The van der Waals surface area contributed by atoms with Crippen molar-refractivity contribution in [3.63, 3.8) is 0 Å². The van der Waals surface area contributed by atoms with Gasteiger partial charge in [-0.3, -0.25) is 4.79 Å². The molecule has 0 aliphatic carbocycles. The third kappa shape index (κ3) is 6.04. The molecule has 2 rings (SSSR count). The van der Waals surface area contributed by atoms with Crippen molar-refractivity contribution in [3.8, 4) is 0 Å². The van der Waals surface area contributed by atoms with Gasteiger partial charge in [-0.2, -0.15) is 0 Å².